The molecule has 3 aromatic rings. The maximum atomic E-state index is 13.9. The smallest absolute Gasteiger partial charge is 0.264 e. The molecule has 0 aromatic heterocycles. The molecule has 0 saturated heterocycles. The summed E-state index contributed by atoms with van der Waals surface area (Å²) in [5, 5.41) is 2.86. The minimum Gasteiger partial charge on any atom is -0.354 e. The van der Waals surface area contributed by atoms with Gasteiger partial charge in [0.05, 0.1) is 10.6 Å². The minimum absolute atomic E-state index is 0.0962. The van der Waals surface area contributed by atoms with Crippen LogP contribution in [0.4, 0.5) is 10.1 Å². The Morgan fingerprint density at radius 3 is 2.31 bits per heavy atom. The number of anilines is 1. The third-order valence-electron chi connectivity index (χ3n) is 6.24. The average Bonchev–Trinajstić information content (AvgIpc) is 2.90. The number of hydrogen-bond donors (Lipinski definition) is 1. The predicted molar refractivity (Wildman–Crippen MR) is 154 cm³/mol. The second-order valence-corrected chi connectivity index (χ2v) is 12.1. The lowest BCUT2D eigenvalue weighted by Crippen LogP contribution is -2.51. The first-order valence-electron chi connectivity index (χ1n) is 12.7. The van der Waals surface area contributed by atoms with Crippen molar-refractivity contribution in [3.63, 3.8) is 0 Å². The Morgan fingerprint density at radius 1 is 1.03 bits per heavy atom. The lowest BCUT2D eigenvalue weighted by Gasteiger charge is -2.32. The molecular formula is C29H33BrFN3O4S. The van der Waals surface area contributed by atoms with Crippen molar-refractivity contribution in [2.45, 2.75) is 51.1 Å². The van der Waals surface area contributed by atoms with Gasteiger partial charge in [-0.05, 0) is 74.4 Å². The van der Waals surface area contributed by atoms with Gasteiger partial charge in [0.2, 0.25) is 11.8 Å². The van der Waals surface area contributed by atoms with E-state index in [1.165, 1.54) is 17.0 Å². The van der Waals surface area contributed by atoms with Crippen LogP contribution in [0.1, 0.15) is 37.8 Å². The molecule has 0 bridgehead atoms. The highest BCUT2D eigenvalue weighted by atomic mass is 79.9. The summed E-state index contributed by atoms with van der Waals surface area (Å²) in [6.07, 6.45) is 1.71. The quantitative estimate of drug-likeness (QED) is 0.275. The minimum atomic E-state index is -4.24. The van der Waals surface area contributed by atoms with Crippen LogP contribution >= 0.6 is 15.9 Å². The van der Waals surface area contributed by atoms with Crippen LogP contribution in [0.2, 0.25) is 0 Å². The molecule has 0 radical (unpaired) electrons. The van der Waals surface area contributed by atoms with Crippen LogP contribution in [-0.4, -0.2) is 44.3 Å². The van der Waals surface area contributed by atoms with Gasteiger partial charge < -0.3 is 10.2 Å². The van der Waals surface area contributed by atoms with E-state index >= 15 is 0 Å². The Bertz CT molecular complexity index is 1380. The van der Waals surface area contributed by atoms with Gasteiger partial charge in [-0.25, -0.2) is 12.8 Å². The second-order valence-electron chi connectivity index (χ2n) is 9.27. The Morgan fingerprint density at radius 2 is 1.69 bits per heavy atom. The van der Waals surface area contributed by atoms with Crippen molar-refractivity contribution in [3.05, 3.63) is 94.2 Å². The standard InChI is InChI=1S/C29H33BrFN3O4S/c1-4-5-17-32-29(36)22(3)33(19-23-7-6-8-24(30)18-23)28(35)20-34(26-13-9-21(2)10-14-26)39(37,38)27-15-11-25(31)12-16-27/h6-16,18,22H,4-5,17,19-20H2,1-3H3,(H,32,36). The van der Waals surface area contributed by atoms with E-state index in [-0.39, 0.29) is 23.0 Å². The molecule has 10 heteroatoms. The number of nitrogens with zero attached hydrogens (tertiary/aromatic N) is 2. The second kappa shape index (κ2) is 13.7. The van der Waals surface area contributed by atoms with Gasteiger partial charge >= 0.3 is 0 Å². The number of halogens is 2. The number of carbonyl (C=O) groups is 2. The maximum absolute atomic E-state index is 13.9. The van der Waals surface area contributed by atoms with Gasteiger partial charge in [-0.15, -0.1) is 0 Å². The third-order valence-corrected chi connectivity index (χ3v) is 8.52. The third kappa shape index (κ3) is 8.12. The van der Waals surface area contributed by atoms with E-state index in [0.29, 0.717) is 6.54 Å². The van der Waals surface area contributed by atoms with Crippen molar-refractivity contribution in [1.82, 2.24) is 10.2 Å². The Hall–Kier alpha value is -3.24. The molecule has 0 fully saturated rings. The van der Waals surface area contributed by atoms with Crippen molar-refractivity contribution < 1.29 is 22.4 Å². The van der Waals surface area contributed by atoms with E-state index in [1.54, 1.807) is 31.2 Å². The molecule has 2 amide bonds. The summed E-state index contributed by atoms with van der Waals surface area (Å²) < 4.78 is 42.8. The molecular weight excluding hydrogens is 585 g/mol. The van der Waals surface area contributed by atoms with Crippen LogP contribution in [0, 0.1) is 12.7 Å². The molecule has 208 valence electrons. The van der Waals surface area contributed by atoms with Crippen molar-refractivity contribution in [3.8, 4) is 0 Å². The van der Waals surface area contributed by atoms with Gasteiger partial charge in [0.15, 0.2) is 0 Å². The first-order valence-corrected chi connectivity index (χ1v) is 14.9. The van der Waals surface area contributed by atoms with Crippen LogP contribution in [0.5, 0.6) is 0 Å². The first kappa shape index (κ1) is 30.3. The van der Waals surface area contributed by atoms with Crippen LogP contribution in [0.15, 0.2) is 82.2 Å². The summed E-state index contributed by atoms with van der Waals surface area (Å²) in [7, 11) is -4.24. The van der Waals surface area contributed by atoms with Gasteiger partial charge in [0.1, 0.15) is 18.4 Å². The average molecular weight is 619 g/mol. The number of carbonyl (C=O) groups excluding carboxylic acids is 2. The molecule has 0 saturated carbocycles. The number of hydrogen-bond acceptors (Lipinski definition) is 4. The van der Waals surface area contributed by atoms with Crippen molar-refractivity contribution in [1.29, 1.82) is 0 Å². The summed E-state index contributed by atoms with van der Waals surface area (Å²) in [6.45, 7) is 5.53. The number of unbranched alkanes of at least 4 members (excludes halogenated alkanes) is 1. The van der Waals surface area contributed by atoms with Gasteiger partial charge in [0, 0.05) is 17.6 Å². The SMILES string of the molecule is CCCCNC(=O)C(C)N(Cc1cccc(Br)c1)C(=O)CN(c1ccc(C)cc1)S(=O)(=O)c1ccc(F)cc1. The van der Waals surface area contributed by atoms with Crippen molar-refractivity contribution >= 4 is 43.5 Å². The Balaban J connectivity index is 1.99. The summed E-state index contributed by atoms with van der Waals surface area (Å²) in [5.41, 5.74) is 1.97. The molecule has 0 heterocycles. The zero-order valence-corrected chi connectivity index (χ0v) is 24.6. The van der Waals surface area contributed by atoms with E-state index in [0.717, 1.165) is 44.9 Å². The predicted octanol–water partition coefficient (Wildman–Crippen LogP) is 5.43. The number of rotatable bonds is 12. The maximum Gasteiger partial charge on any atom is 0.264 e. The Labute approximate surface area is 238 Å². The number of amides is 2. The molecule has 3 aromatic carbocycles. The lowest BCUT2D eigenvalue weighted by atomic mass is 10.1. The zero-order valence-electron chi connectivity index (χ0n) is 22.2. The highest BCUT2D eigenvalue weighted by Crippen LogP contribution is 2.25. The summed E-state index contributed by atoms with van der Waals surface area (Å²) in [5.74, 6) is -1.45. The fraction of sp³-hybridized carbons (Fsp3) is 0.310. The van der Waals surface area contributed by atoms with Crippen LogP contribution < -0.4 is 9.62 Å². The monoisotopic (exact) mass is 617 g/mol. The van der Waals surface area contributed by atoms with Crippen LogP contribution in [-0.2, 0) is 26.2 Å². The van der Waals surface area contributed by atoms with Crippen LogP contribution in [0.3, 0.4) is 0 Å². The highest BCUT2D eigenvalue weighted by Gasteiger charge is 2.32. The fourth-order valence-electron chi connectivity index (χ4n) is 3.92. The number of sulfonamides is 1. The Kier molecular flexibility index (Phi) is 10.7. The molecule has 0 aliphatic heterocycles. The van der Waals surface area contributed by atoms with E-state index in [2.05, 4.69) is 21.2 Å². The molecule has 39 heavy (non-hydrogen) atoms. The highest BCUT2D eigenvalue weighted by molar-refractivity contribution is 9.10. The fourth-order valence-corrected chi connectivity index (χ4v) is 5.79. The molecule has 1 N–H and O–H groups in total. The number of aryl methyl sites for hydroxylation is 1. The van der Waals surface area contributed by atoms with Crippen molar-refractivity contribution in [2.24, 2.45) is 0 Å². The molecule has 7 nitrogen and oxygen atoms in total. The van der Waals surface area contributed by atoms with Gasteiger partial charge in [-0.3, -0.25) is 13.9 Å². The summed E-state index contributed by atoms with van der Waals surface area (Å²) in [4.78, 5) is 28.1. The van der Waals surface area contributed by atoms with Crippen LogP contribution in [0.25, 0.3) is 0 Å². The van der Waals surface area contributed by atoms with Gasteiger partial charge in [-0.1, -0.05) is 59.1 Å². The molecule has 0 aliphatic rings. The van der Waals surface area contributed by atoms with E-state index in [9.17, 15) is 22.4 Å². The van der Waals surface area contributed by atoms with E-state index in [1.807, 2.05) is 38.1 Å². The zero-order chi connectivity index (χ0) is 28.6. The number of nitrogens with one attached hydrogen (secondary N) is 1. The van der Waals surface area contributed by atoms with E-state index in [4.69, 9.17) is 0 Å². The molecule has 1 atom stereocenters. The van der Waals surface area contributed by atoms with Gasteiger partial charge in [-0.2, -0.15) is 0 Å². The van der Waals surface area contributed by atoms with Crippen molar-refractivity contribution in [2.75, 3.05) is 17.4 Å². The summed E-state index contributed by atoms with van der Waals surface area (Å²) >= 11 is 3.43. The lowest BCUT2D eigenvalue weighted by molar-refractivity contribution is -0.139. The summed E-state index contributed by atoms with van der Waals surface area (Å²) in [6, 6.07) is 17.7. The number of benzene rings is 3. The molecule has 3 rings (SSSR count). The molecule has 1 unspecified atom stereocenters. The molecule has 0 aliphatic carbocycles. The normalized spacial score (nSPS) is 12.0. The van der Waals surface area contributed by atoms with E-state index < -0.39 is 34.3 Å². The van der Waals surface area contributed by atoms with Gasteiger partial charge in [0.25, 0.3) is 10.0 Å². The topological polar surface area (TPSA) is 86.8 Å². The largest absolute Gasteiger partial charge is 0.354 e. The first-order chi connectivity index (χ1) is 18.5. The molecule has 0 spiro atoms.